The number of methoxy groups -OCH3 is 1. The zero-order valence-corrected chi connectivity index (χ0v) is 5.93. The summed E-state index contributed by atoms with van der Waals surface area (Å²) in [6, 6.07) is 0. The van der Waals surface area contributed by atoms with Crippen molar-refractivity contribution in [3.63, 3.8) is 0 Å². The van der Waals surface area contributed by atoms with E-state index in [2.05, 4.69) is 4.74 Å². The molecule has 0 spiro atoms. The molecule has 0 aliphatic heterocycles. The Labute approximate surface area is 65.9 Å². The molecule has 0 saturated heterocycles. The van der Waals surface area contributed by atoms with Crippen LogP contribution in [0.15, 0.2) is 0 Å². The maximum atomic E-state index is 10.2. The normalized spacial score (nSPS) is 7.33. The molecule has 3 nitrogen and oxygen atoms in total. The van der Waals surface area contributed by atoms with Crippen LogP contribution in [0, 0.1) is 0 Å². The average molecular weight is 123 g/mol. The van der Waals surface area contributed by atoms with Crippen molar-refractivity contribution in [1.29, 1.82) is 0 Å². The first-order valence-corrected chi connectivity index (χ1v) is 2.23. The van der Waals surface area contributed by atoms with Gasteiger partial charge in [0.05, 0.1) is 7.11 Å². The van der Waals surface area contributed by atoms with Crippen molar-refractivity contribution in [2.24, 2.45) is 0 Å². The predicted octanol–water partition coefficient (Wildman–Crippen LogP) is -0.242. The zero-order chi connectivity index (χ0) is 6.57. The predicted molar refractivity (Wildman–Crippen MR) is 33.1 cm³/mol. The number of carbonyl (C=O) groups is 2. The van der Waals surface area contributed by atoms with Gasteiger partial charge < -0.3 is 4.74 Å². The summed E-state index contributed by atoms with van der Waals surface area (Å²) in [7, 11) is 1.26. The van der Waals surface area contributed by atoms with E-state index in [0.717, 1.165) is 0 Å². The smallest absolute Gasteiger partial charge is 0.313 e. The Hall–Kier alpha value is -0.263. The first kappa shape index (κ1) is 11.5. The van der Waals surface area contributed by atoms with Gasteiger partial charge in [0.1, 0.15) is 12.2 Å². The molecule has 0 rings (SSSR count). The van der Waals surface area contributed by atoms with Gasteiger partial charge in [-0.1, -0.05) is 0 Å². The van der Waals surface area contributed by atoms with Crippen LogP contribution < -0.4 is 0 Å². The standard InChI is InChI=1S/C5H8O3.Li/c1-4(6)3-5(7)8-2;/h3H2,1-2H3;. The summed E-state index contributed by atoms with van der Waals surface area (Å²) in [5.41, 5.74) is 0. The molecule has 1 radical (unpaired) electrons. The Morgan fingerprint density at radius 2 is 1.89 bits per heavy atom. The van der Waals surface area contributed by atoms with Crippen LogP contribution in [0.5, 0.6) is 0 Å². The number of ketones is 1. The van der Waals surface area contributed by atoms with Gasteiger partial charge in [0, 0.05) is 18.9 Å². The summed E-state index contributed by atoms with van der Waals surface area (Å²) in [5, 5.41) is 0. The molecule has 0 saturated carbocycles. The van der Waals surface area contributed by atoms with E-state index < -0.39 is 5.97 Å². The SMILES string of the molecule is COC(=O)CC(C)=O.[Li]. The van der Waals surface area contributed by atoms with E-state index in [9.17, 15) is 9.59 Å². The molecule has 0 bridgehead atoms. The number of esters is 1. The van der Waals surface area contributed by atoms with Gasteiger partial charge in [0.15, 0.2) is 0 Å². The molecule has 0 aliphatic rings. The molecule has 0 aromatic carbocycles. The second-order valence-corrected chi connectivity index (χ2v) is 1.45. The van der Waals surface area contributed by atoms with Gasteiger partial charge in [0.2, 0.25) is 0 Å². The van der Waals surface area contributed by atoms with Crippen molar-refractivity contribution in [2.45, 2.75) is 13.3 Å². The van der Waals surface area contributed by atoms with Gasteiger partial charge in [-0.3, -0.25) is 9.59 Å². The van der Waals surface area contributed by atoms with Crippen LogP contribution in [0.4, 0.5) is 0 Å². The summed E-state index contributed by atoms with van der Waals surface area (Å²) < 4.78 is 4.20. The minimum Gasteiger partial charge on any atom is -0.469 e. The fourth-order valence-corrected chi connectivity index (χ4v) is 0.275. The number of Topliss-reactive ketones (excluding diaryl/α,β-unsaturated/α-hetero) is 1. The average Bonchev–Trinajstić information content (AvgIpc) is 1.65. The van der Waals surface area contributed by atoms with E-state index >= 15 is 0 Å². The molecule has 0 aliphatic carbocycles. The van der Waals surface area contributed by atoms with E-state index in [4.69, 9.17) is 0 Å². The Kier molecular flexibility index (Phi) is 7.51. The van der Waals surface area contributed by atoms with Crippen LogP contribution in [0.3, 0.4) is 0 Å². The van der Waals surface area contributed by atoms with Crippen LogP contribution in [0.1, 0.15) is 13.3 Å². The van der Waals surface area contributed by atoms with Crippen LogP contribution in [0.25, 0.3) is 0 Å². The zero-order valence-electron chi connectivity index (χ0n) is 5.93. The fourth-order valence-electron chi connectivity index (χ4n) is 0.275. The number of carbonyl (C=O) groups excluding carboxylic acids is 2. The molecule has 4 heteroatoms. The third-order valence-corrected chi connectivity index (χ3v) is 0.621. The van der Waals surface area contributed by atoms with E-state index in [1.165, 1.54) is 14.0 Å². The molecule has 0 unspecified atom stereocenters. The van der Waals surface area contributed by atoms with Gasteiger partial charge in [-0.05, 0) is 6.92 Å². The van der Waals surface area contributed by atoms with Gasteiger partial charge in [0.25, 0.3) is 0 Å². The molecule has 0 amide bonds. The maximum absolute atomic E-state index is 10.2. The Morgan fingerprint density at radius 3 is 2.00 bits per heavy atom. The summed E-state index contributed by atoms with van der Waals surface area (Å²) in [6.45, 7) is 1.34. The van der Waals surface area contributed by atoms with E-state index in [1.54, 1.807) is 0 Å². The Morgan fingerprint density at radius 1 is 1.44 bits per heavy atom. The van der Waals surface area contributed by atoms with Crippen molar-refractivity contribution in [2.75, 3.05) is 7.11 Å². The summed E-state index contributed by atoms with van der Waals surface area (Å²) in [5.74, 6) is -0.644. The van der Waals surface area contributed by atoms with Crippen LogP contribution in [-0.4, -0.2) is 37.7 Å². The van der Waals surface area contributed by atoms with Gasteiger partial charge in [-0.2, -0.15) is 0 Å². The van der Waals surface area contributed by atoms with E-state index in [0.29, 0.717) is 0 Å². The van der Waals surface area contributed by atoms with E-state index in [-0.39, 0.29) is 31.1 Å². The summed E-state index contributed by atoms with van der Waals surface area (Å²) in [6.07, 6.45) is -0.115. The minimum absolute atomic E-state index is 0. The van der Waals surface area contributed by atoms with Crippen LogP contribution in [0.2, 0.25) is 0 Å². The van der Waals surface area contributed by atoms with Gasteiger partial charge in [-0.15, -0.1) is 0 Å². The third-order valence-electron chi connectivity index (χ3n) is 0.621. The maximum Gasteiger partial charge on any atom is 0.313 e. The molecule has 0 heterocycles. The molecule has 47 valence electrons. The molecule has 9 heavy (non-hydrogen) atoms. The summed E-state index contributed by atoms with van der Waals surface area (Å²) in [4.78, 5) is 20.3. The third kappa shape index (κ3) is 7.74. The quantitative estimate of drug-likeness (QED) is 0.289. The van der Waals surface area contributed by atoms with Crippen LogP contribution in [-0.2, 0) is 14.3 Å². The monoisotopic (exact) mass is 123 g/mol. The first-order valence-electron chi connectivity index (χ1n) is 2.23. The number of hydrogen-bond donors (Lipinski definition) is 0. The molecular formula is C5H8LiO3. The minimum atomic E-state index is -0.475. The van der Waals surface area contributed by atoms with Crippen molar-refractivity contribution in [1.82, 2.24) is 0 Å². The first-order chi connectivity index (χ1) is 3.66. The van der Waals surface area contributed by atoms with Crippen molar-refractivity contribution >= 4 is 30.6 Å². The van der Waals surface area contributed by atoms with Gasteiger partial charge >= 0.3 is 5.97 Å². The largest absolute Gasteiger partial charge is 0.469 e. The fraction of sp³-hybridized carbons (Fsp3) is 0.600. The molecule has 0 aromatic heterocycles. The van der Waals surface area contributed by atoms with Crippen molar-refractivity contribution in [3.8, 4) is 0 Å². The Bertz CT molecular complexity index is 111. The second-order valence-electron chi connectivity index (χ2n) is 1.45. The van der Waals surface area contributed by atoms with Crippen LogP contribution >= 0.6 is 0 Å². The van der Waals surface area contributed by atoms with Gasteiger partial charge in [-0.25, -0.2) is 0 Å². The molecule has 0 fully saturated rings. The Balaban J connectivity index is 0. The van der Waals surface area contributed by atoms with E-state index in [1.807, 2.05) is 0 Å². The molecule has 0 aromatic rings. The second kappa shape index (κ2) is 5.87. The topological polar surface area (TPSA) is 43.4 Å². The molecule has 0 N–H and O–H groups in total. The molecule has 0 atom stereocenters. The number of ether oxygens (including phenoxy) is 1. The number of rotatable bonds is 2. The number of hydrogen-bond acceptors (Lipinski definition) is 3. The molecular weight excluding hydrogens is 115 g/mol. The van der Waals surface area contributed by atoms with Crippen molar-refractivity contribution in [3.05, 3.63) is 0 Å². The van der Waals surface area contributed by atoms with Crippen molar-refractivity contribution < 1.29 is 14.3 Å². The summed E-state index contributed by atoms with van der Waals surface area (Å²) >= 11 is 0.